The van der Waals surface area contributed by atoms with Crippen LogP contribution in [0.15, 0.2) is 30.3 Å². The van der Waals surface area contributed by atoms with Gasteiger partial charge < -0.3 is 14.6 Å². The predicted octanol–water partition coefficient (Wildman–Crippen LogP) is 3.10. The first kappa shape index (κ1) is 17.7. The van der Waals surface area contributed by atoms with Crippen molar-refractivity contribution in [2.45, 2.75) is 46.3 Å². The van der Waals surface area contributed by atoms with Gasteiger partial charge in [0.05, 0.1) is 31.8 Å². The van der Waals surface area contributed by atoms with Crippen molar-refractivity contribution in [3.8, 4) is 0 Å². The summed E-state index contributed by atoms with van der Waals surface area (Å²) in [6, 6.07) is 9.66. The number of hydrogen-bond acceptors (Lipinski definition) is 4. The van der Waals surface area contributed by atoms with Crippen LogP contribution in [0.4, 0.5) is 0 Å². The summed E-state index contributed by atoms with van der Waals surface area (Å²) >= 11 is 0. The van der Waals surface area contributed by atoms with Gasteiger partial charge in [-0.05, 0) is 19.4 Å². The summed E-state index contributed by atoms with van der Waals surface area (Å²) < 4.78 is 11.1. The van der Waals surface area contributed by atoms with E-state index in [4.69, 9.17) is 14.6 Å². The highest BCUT2D eigenvalue weighted by molar-refractivity contribution is 5.70. The molecule has 0 saturated carbocycles. The molecule has 0 amide bonds. The van der Waals surface area contributed by atoms with Gasteiger partial charge in [-0.1, -0.05) is 44.2 Å². The Bertz CT molecular complexity index is 426. The zero-order valence-corrected chi connectivity index (χ0v) is 13.3. The highest BCUT2D eigenvalue weighted by atomic mass is 16.5. The van der Waals surface area contributed by atoms with Crippen molar-refractivity contribution in [3.63, 3.8) is 0 Å². The Morgan fingerprint density at radius 3 is 2.38 bits per heavy atom. The Labute approximate surface area is 127 Å². The highest BCUT2D eigenvalue weighted by Gasteiger charge is 2.22. The van der Waals surface area contributed by atoms with Gasteiger partial charge in [-0.15, -0.1) is 0 Å². The Hall–Kier alpha value is -1.39. The van der Waals surface area contributed by atoms with E-state index >= 15 is 0 Å². The maximum absolute atomic E-state index is 12.0. The largest absolute Gasteiger partial charge is 0.465 e. The molecule has 118 valence electrons. The van der Waals surface area contributed by atoms with Gasteiger partial charge in [0.2, 0.25) is 0 Å². The van der Waals surface area contributed by atoms with Gasteiger partial charge in [0.15, 0.2) is 0 Å². The molecule has 1 aromatic rings. The fraction of sp³-hybridized carbons (Fsp3) is 0.588. The molecular formula is C17H26O4. The second kappa shape index (κ2) is 8.15. The topological polar surface area (TPSA) is 55.8 Å². The number of ether oxygens (including phenoxy) is 2. The minimum atomic E-state index is -0.420. The van der Waals surface area contributed by atoms with Crippen LogP contribution in [0.3, 0.4) is 0 Å². The van der Waals surface area contributed by atoms with E-state index < -0.39 is 5.41 Å². The van der Waals surface area contributed by atoms with Crippen molar-refractivity contribution in [2.24, 2.45) is 5.41 Å². The molecule has 1 N–H and O–H groups in total. The molecule has 0 bridgehead atoms. The average molecular weight is 294 g/mol. The fourth-order valence-corrected chi connectivity index (χ4v) is 1.77. The fourth-order valence-electron chi connectivity index (χ4n) is 1.77. The van der Waals surface area contributed by atoms with Gasteiger partial charge >= 0.3 is 5.97 Å². The smallest absolute Gasteiger partial charge is 0.308 e. The standard InChI is InChI=1S/C17H26O4/c1-13(2)21-15(14-8-6-5-7-9-14)10-16(19)20-12-17(3,4)11-18/h5-9,13,15,18H,10-12H2,1-4H3. The molecule has 0 radical (unpaired) electrons. The summed E-state index contributed by atoms with van der Waals surface area (Å²) in [7, 11) is 0. The van der Waals surface area contributed by atoms with E-state index in [9.17, 15) is 4.79 Å². The Balaban J connectivity index is 2.63. The number of rotatable bonds is 8. The van der Waals surface area contributed by atoms with Crippen molar-refractivity contribution in [1.82, 2.24) is 0 Å². The number of benzene rings is 1. The summed E-state index contributed by atoms with van der Waals surface area (Å²) in [6.45, 7) is 7.75. The molecule has 0 spiro atoms. The van der Waals surface area contributed by atoms with Crippen LogP contribution in [0, 0.1) is 5.41 Å². The van der Waals surface area contributed by atoms with Crippen LogP contribution in [-0.2, 0) is 14.3 Å². The lowest BCUT2D eigenvalue weighted by molar-refractivity contribution is -0.151. The van der Waals surface area contributed by atoms with Gasteiger partial charge in [0.1, 0.15) is 0 Å². The van der Waals surface area contributed by atoms with Crippen molar-refractivity contribution in [1.29, 1.82) is 0 Å². The second-order valence-electron chi connectivity index (χ2n) is 6.27. The van der Waals surface area contributed by atoms with Crippen LogP contribution < -0.4 is 0 Å². The number of carbonyl (C=O) groups is 1. The highest BCUT2D eigenvalue weighted by Crippen LogP contribution is 2.24. The molecule has 0 fully saturated rings. The molecule has 4 heteroatoms. The lowest BCUT2D eigenvalue weighted by atomic mass is 9.96. The number of carbonyl (C=O) groups excluding carboxylic acids is 1. The molecule has 0 heterocycles. The van der Waals surface area contributed by atoms with E-state index in [0.29, 0.717) is 0 Å². The zero-order chi connectivity index (χ0) is 15.9. The first-order valence-electron chi connectivity index (χ1n) is 7.31. The molecule has 21 heavy (non-hydrogen) atoms. The number of esters is 1. The molecule has 0 aliphatic rings. The molecule has 0 aliphatic carbocycles. The van der Waals surface area contributed by atoms with Crippen LogP contribution >= 0.6 is 0 Å². The summed E-state index contributed by atoms with van der Waals surface area (Å²) in [5, 5.41) is 9.17. The molecule has 0 aromatic heterocycles. The SMILES string of the molecule is CC(C)OC(CC(=O)OCC(C)(C)CO)c1ccccc1. The van der Waals surface area contributed by atoms with Gasteiger partial charge in [-0.25, -0.2) is 0 Å². The third kappa shape index (κ3) is 6.74. The van der Waals surface area contributed by atoms with E-state index in [1.165, 1.54) is 0 Å². The summed E-state index contributed by atoms with van der Waals surface area (Å²) in [5.74, 6) is -0.314. The number of aliphatic hydroxyl groups is 1. The first-order valence-corrected chi connectivity index (χ1v) is 7.31. The minimum Gasteiger partial charge on any atom is -0.465 e. The van der Waals surface area contributed by atoms with Gasteiger partial charge in [-0.2, -0.15) is 0 Å². The maximum Gasteiger partial charge on any atom is 0.308 e. The third-order valence-electron chi connectivity index (χ3n) is 3.01. The Kier molecular flexibility index (Phi) is 6.85. The maximum atomic E-state index is 12.0. The molecule has 0 aliphatic heterocycles. The van der Waals surface area contributed by atoms with E-state index in [1.807, 2.05) is 58.0 Å². The van der Waals surface area contributed by atoms with Crippen LogP contribution in [0.2, 0.25) is 0 Å². The van der Waals surface area contributed by atoms with Gasteiger partial charge in [0.25, 0.3) is 0 Å². The summed E-state index contributed by atoms with van der Waals surface area (Å²) in [4.78, 5) is 12.0. The summed E-state index contributed by atoms with van der Waals surface area (Å²) in [5.41, 5.74) is 0.543. The van der Waals surface area contributed by atoms with E-state index in [0.717, 1.165) is 5.56 Å². The third-order valence-corrected chi connectivity index (χ3v) is 3.01. The van der Waals surface area contributed by atoms with Crippen molar-refractivity contribution < 1.29 is 19.4 Å². The van der Waals surface area contributed by atoms with Crippen molar-refractivity contribution >= 4 is 5.97 Å². The molecule has 1 unspecified atom stereocenters. The number of aliphatic hydroxyl groups excluding tert-OH is 1. The lowest BCUT2D eigenvalue weighted by Crippen LogP contribution is -2.26. The van der Waals surface area contributed by atoms with Crippen molar-refractivity contribution in [3.05, 3.63) is 35.9 Å². The van der Waals surface area contributed by atoms with Gasteiger partial charge in [-0.3, -0.25) is 4.79 Å². The monoisotopic (exact) mass is 294 g/mol. The molecular weight excluding hydrogens is 268 g/mol. The molecule has 1 aromatic carbocycles. The Morgan fingerprint density at radius 2 is 1.86 bits per heavy atom. The van der Waals surface area contributed by atoms with Crippen LogP contribution in [-0.4, -0.2) is 30.4 Å². The van der Waals surface area contributed by atoms with E-state index in [2.05, 4.69) is 0 Å². The van der Waals surface area contributed by atoms with Crippen LogP contribution in [0.1, 0.15) is 45.8 Å². The summed E-state index contributed by atoms with van der Waals surface area (Å²) in [6.07, 6.45) is -0.114. The zero-order valence-electron chi connectivity index (χ0n) is 13.3. The van der Waals surface area contributed by atoms with Crippen molar-refractivity contribution in [2.75, 3.05) is 13.2 Å². The second-order valence-corrected chi connectivity index (χ2v) is 6.27. The lowest BCUT2D eigenvalue weighted by Gasteiger charge is -2.23. The van der Waals surface area contributed by atoms with Crippen LogP contribution in [0.5, 0.6) is 0 Å². The molecule has 4 nitrogen and oxygen atoms in total. The number of hydrogen-bond donors (Lipinski definition) is 1. The van der Waals surface area contributed by atoms with E-state index in [-0.39, 0.29) is 37.8 Å². The predicted molar refractivity (Wildman–Crippen MR) is 81.8 cm³/mol. The molecule has 0 saturated heterocycles. The normalized spacial score (nSPS) is 13.2. The van der Waals surface area contributed by atoms with Gasteiger partial charge in [0, 0.05) is 5.41 Å². The Morgan fingerprint density at radius 1 is 1.24 bits per heavy atom. The minimum absolute atomic E-state index is 0.0229. The molecule has 1 atom stereocenters. The quantitative estimate of drug-likeness (QED) is 0.749. The molecule has 1 rings (SSSR count). The average Bonchev–Trinajstić information content (AvgIpc) is 2.45. The van der Waals surface area contributed by atoms with Crippen LogP contribution in [0.25, 0.3) is 0 Å². The van der Waals surface area contributed by atoms with E-state index in [1.54, 1.807) is 0 Å². The first-order chi connectivity index (χ1) is 9.84.